The molecule has 0 aliphatic heterocycles. The van der Waals surface area contributed by atoms with Gasteiger partial charge in [0.05, 0.1) is 30.8 Å². The summed E-state index contributed by atoms with van der Waals surface area (Å²) >= 11 is 0. The lowest BCUT2D eigenvalue weighted by Gasteiger charge is -2.04. The van der Waals surface area contributed by atoms with Crippen LogP contribution >= 0.6 is 0 Å². The van der Waals surface area contributed by atoms with Crippen molar-refractivity contribution >= 4 is 15.7 Å². The fourth-order valence-electron chi connectivity index (χ4n) is 1.84. The van der Waals surface area contributed by atoms with Crippen LogP contribution in [0, 0.1) is 0 Å². The van der Waals surface area contributed by atoms with Gasteiger partial charge in [0, 0.05) is 18.8 Å². The van der Waals surface area contributed by atoms with E-state index >= 15 is 0 Å². The third-order valence-electron chi connectivity index (χ3n) is 3.08. The molecule has 1 saturated carbocycles. The second kappa shape index (κ2) is 5.78. The zero-order valence-electron chi connectivity index (χ0n) is 11.3. The molecular formula is C12H16N6O2S. The van der Waals surface area contributed by atoms with Crippen molar-refractivity contribution in [2.75, 3.05) is 11.3 Å². The summed E-state index contributed by atoms with van der Waals surface area (Å²) in [5.41, 5.74) is 0.320. The fraction of sp³-hybridized carbons (Fsp3) is 0.417. The molecule has 9 heteroatoms. The van der Waals surface area contributed by atoms with Crippen molar-refractivity contribution in [2.24, 2.45) is 0 Å². The molecule has 0 unspecified atom stereocenters. The van der Waals surface area contributed by atoms with E-state index in [1.165, 1.54) is 44.0 Å². The average Bonchev–Trinajstić information content (AvgIpc) is 3.15. The highest BCUT2D eigenvalue weighted by molar-refractivity contribution is 7.92. The van der Waals surface area contributed by atoms with E-state index in [1.54, 1.807) is 4.68 Å². The summed E-state index contributed by atoms with van der Waals surface area (Å²) in [4.78, 5) is 7.65. The zero-order chi connectivity index (χ0) is 14.7. The van der Waals surface area contributed by atoms with Crippen molar-refractivity contribution in [3.63, 3.8) is 0 Å². The van der Waals surface area contributed by atoms with Gasteiger partial charge in [0.15, 0.2) is 0 Å². The summed E-state index contributed by atoms with van der Waals surface area (Å²) in [6.45, 7) is 1.42. The van der Waals surface area contributed by atoms with Gasteiger partial charge in [0.2, 0.25) is 0 Å². The van der Waals surface area contributed by atoms with Crippen LogP contribution in [0.3, 0.4) is 0 Å². The van der Waals surface area contributed by atoms with Gasteiger partial charge in [-0.3, -0.25) is 9.40 Å². The van der Waals surface area contributed by atoms with Gasteiger partial charge >= 0.3 is 0 Å². The summed E-state index contributed by atoms with van der Waals surface area (Å²) in [5.74, 6) is 0. The summed E-state index contributed by atoms with van der Waals surface area (Å²) in [5, 5.41) is 7.42. The Bertz CT molecular complexity index is 696. The molecule has 2 aromatic heterocycles. The lowest BCUT2D eigenvalue weighted by molar-refractivity contribution is 0.552. The smallest absolute Gasteiger partial charge is 0.265 e. The number of sulfonamides is 1. The largest absolute Gasteiger partial charge is 0.312 e. The summed E-state index contributed by atoms with van der Waals surface area (Å²) in [6.07, 6.45) is 9.43. The molecular weight excluding hydrogens is 292 g/mol. The quantitative estimate of drug-likeness (QED) is 0.759. The van der Waals surface area contributed by atoms with E-state index < -0.39 is 10.0 Å². The van der Waals surface area contributed by atoms with Crippen LogP contribution in [0.2, 0.25) is 0 Å². The Labute approximate surface area is 122 Å². The van der Waals surface area contributed by atoms with E-state index in [1.807, 2.05) is 0 Å². The number of nitrogens with zero attached hydrogens (tertiary/aromatic N) is 4. The van der Waals surface area contributed by atoms with Crippen LogP contribution in [0.25, 0.3) is 0 Å². The second-order valence-corrected chi connectivity index (χ2v) is 6.58. The SMILES string of the molecule is O=S(=O)(Nc1cncnc1)c1cnn(CCNC2CC2)c1. The van der Waals surface area contributed by atoms with Crippen LogP contribution in [0.1, 0.15) is 12.8 Å². The van der Waals surface area contributed by atoms with E-state index in [-0.39, 0.29) is 4.90 Å². The lowest BCUT2D eigenvalue weighted by Crippen LogP contribution is -2.22. The standard InChI is InChI=1S/C12H16N6O2S/c19-21(20,17-11-5-13-9-14-6-11)12-7-16-18(8-12)4-3-15-10-1-2-10/h5-10,15,17H,1-4H2. The summed E-state index contributed by atoms with van der Waals surface area (Å²) in [7, 11) is -3.66. The minimum Gasteiger partial charge on any atom is -0.312 e. The van der Waals surface area contributed by atoms with Crippen molar-refractivity contribution in [1.29, 1.82) is 0 Å². The summed E-state index contributed by atoms with van der Waals surface area (Å²) < 4.78 is 28.4. The predicted molar refractivity (Wildman–Crippen MR) is 76.1 cm³/mol. The Hall–Kier alpha value is -2.00. The molecule has 1 aliphatic carbocycles. The molecule has 0 saturated heterocycles. The predicted octanol–water partition coefficient (Wildman–Crippen LogP) is 0.226. The van der Waals surface area contributed by atoms with Crippen molar-refractivity contribution in [2.45, 2.75) is 30.3 Å². The van der Waals surface area contributed by atoms with Crippen molar-refractivity contribution in [3.8, 4) is 0 Å². The van der Waals surface area contributed by atoms with Crippen LogP contribution in [0.4, 0.5) is 5.69 Å². The Morgan fingerprint density at radius 1 is 1.24 bits per heavy atom. The van der Waals surface area contributed by atoms with E-state index in [4.69, 9.17) is 0 Å². The molecule has 0 atom stereocenters. The van der Waals surface area contributed by atoms with Crippen molar-refractivity contribution in [1.82, 2.24) is 25.1 Å². The van der Waals surface area contributed by atoms with Gasteiger partial charge in [-0.15, -0.1) is 0 Å². The molecule has 0 amide bonds. The van der Waals surface area contributed by atoms with Crippen LogP contribution in [0.15, 0.2) is 36.0 Å². The zero-order valence-corrected chi connectivity index (χ0v) is 12.1. The molecule has 2 aromatic rings. The number of anilines is 1. The van der Waals surface area contributed by atoms with Gasteiger partial charge in [0.25, 0.3) is 10.0 Å². The van der Waals surface area contributed by atoms with E-state index in [9.17, 15) is 8.42 Å². The topological polar surface area (TPSA) is 102 Å². The number of aromatic nitrogens is 4. The maximum atomic E-state index is 12.2. The Morgan fingerprint density at radius 3 is 2.71 bits per heavy atom. The Morgan fingerprint density at radius 2 is 2.00 bits per heavy atom. The molecule has 0 bridgehead atoms. The van der Waals surface area contributed by atoms with E-state index in [0.29, 0.717) is 18.3 Å². The highest BCUT2D eigenvalue weighted by Gasteiger charge is 2.20. The van der Waals surface area contributed by atoms with E-state index in [2.05, 4.69) is 25.1 Å². The van der Waals surface area contributed by atoms with Gasteiger partial charge in [-0.25, -0.2) is 18.4 Å². The van der Waals surface area contributed by atoms with Crippen LogP contribution < -0.4 is 10.0 Å². The highest BCUT2D eigenvalue weighted by Crippen LogP contribution is 2.18. The molecule has 0 spiro atoms. The molecule has 3 rings (SSSR count). The van der Waals surface area contributed by atoms with Gasteiger partial charge < -0.3 is 5.32 Å². The monoisotopic (exact) mass is 308 g/mol. The van der Waals surface area contributed by atoms with Gasteiger partial charge in [-0.2, -0.15) is 5.10 Å². The van der Waals surface area contributed by atoms with Crippen LogP contribution in [-0.4, -0.2) is 40.8 Å². The highest BCUT2D eigenvalue weighted by atomic mass is 32.2. The molecule has 2 N–H and O–H groups in total. The molecule has 0 aromatic carbocycles. The molecule has 112 valence electrons. The molecule has 21 heavy (non-hydrogen) atoms. The maximum Gasteiger partial charge on any atom is 0.265 e. The fourth-order valence-corrected chi connectivity index (χ4v) is 2.82. The molecule has 8 nitrogen and oxygen atoms in total. The number of nitrogens with one attached hydrogen (secondary N) is 2. The van der Waals surface area contributed by atoms with Gasteiger partial charge in [-0.1, -0.05) is 0 Å². The Kier molecular flexibility index (Phi) is 3.84. The molecule has 1 aliphatic rings. The molecule has 2 heterocycles. The first-order valence-electron chi connectivity index (χ1n) is 6.67. The van der Waals surface area contributed by atoms with Gasteiger partial charge in [-0.05, 0) is 12.8 Å². The first-order valence-corrected chi connectivity index (χ1v) is 8.15. The van der Waals surface area contributed by atoms with Crippen LogP contribution in [-0.2, 0) is 16.6 Å². The van der Waals surface area contributed by atoms with E-state index in [0.717, 1.165) is 6.54 Å². The number of rotatable bonds is 7. The van der Waals surface area contributed by atoms with Crippen LogP contribution in [0.5, 0.6) is 0 Å². The van der Waals surface area contributed by atoms with Gasteiger partial charge in [0.1, 0.15) is 11.2 Å². The number of hydrogen-bond acceptors (Lipinski definition) is 6. The first-order chi connectivity index (χ1) is 10.1. The minimum absolute atomic E-state index is 0.123. The Balaban J connectivity index is 1.63. The average molecular weight is 308 g/mol. The van der Waals surface area contributed by atoms with Crippen molar-refractivity contribution in [3.05, 3.63) is 31.1 Å². The normalized spacial score (nSPS) is 15.0. The maximum absolute atomic E-state index is 12.2. The first kappa shape index (κ1) is 14.0. The summed E-state index contributed by atoms with van der Waals surface area (Å²) in [6, 6.07) is 0.628. The van der Waals surface area contributed by atoms with Crippen molar-refractivity contribution < 1.29 is 8.42 Å². The minimum atomic E-state index is -3.66. The number of hydrogen-bond donors (Lipinski definition) is 2. The second-order valence-electron chi connectivity index (χ2n) is 4.90. The third-order valence-corrected chi connectivity index (χ3v) is 4.42. The molecule has 0 radical (unpaired) electrons. The molecule has 1 fully saturated rings. The lowest BCUT2D eigenvalue weighted by atomic mass is 10.6. The third kappa shape index (κ3) is 3.76.